The fourth-order valence-electron chi connectivity index (χ4n) is 2.24. The number of hydrogen-bond donors (Lipinski definition) is 3. The fraction of sp³-hybridized carbons (Fsp3) is 0.529. The first kappa shape index (κ1) is 21.3. The lowest BCUT2D eigenvalue weighted by Gasteiger charge is -2.23. The van der Waals surface area contributed by atoms with E-state index in [-0.39, 0.29) is 18.4 Å². The molecule has 1 amide bonds. The van der Waals surface area contributed by atoms with E-state index in [1.54, 1.807) is 30.5 Å². The van der Waals surface area contributed by atoms with Crippen molar-refractivity contribution >= 4 is 24.7 Å². The molecule has 0 spiro atoms. The minimum Gasteiger partial charge on any atom is -0.423 e. The van der Waals surface area contributed by atoms with Gasteiger partial charge in [-0.05, 0) is 22.9 Å². The van der Waals surface area contributed by atoms with Crippen molar-refractivity contribution in [3.05, 3.63) is 29.8 Å². The summed E-state index contributed by atoms with van der Waals surface area (Å²) in [6.45, 7) is 9.36. The third-order valence-electron chi connectivity index (χ3n) is 3.34. The number of carbonyl (C=O) groups is 1. The van der Waals surface area contributed by atoms with Gasteiger partial charge in [0.2, 0.25) is 0 Å². The molecule has 0 saturated heterocycles. The lowest BCUT2D eigenvalue weighted by Crippen LogP contribution is -2.44. The van der Waals surface area contributed by atoms with Crippen LogP contribution >= 0.6 is 0 Å². The molecule has 25 heavy (non-hydrogen) atoms. The summed E-state index contributed by atoms with van der Waals surface area (Å²) in [4.78, 5) is 12.5. The molecule has 7 nitrogen and oxygen atoms in total. The van der Waals surface area contributed by atoms with Crippen LogP contribution in [-0.4, -0.2) is 58.9 Å². The highest BCUT2D eigenvalue weighted by Crippen LogP contribution is 2.03. The molecule has 4 N–H and O–H groups in total. The van der Waals surface area contributed by atoms with Gasteiger partial charge in [0.05, 0.1) is 12.8 Å². The molecular weight excluding hydrogens is 319 g/mol. The van der Waals surface area contributed by atoms with Crippen LogP contribution in [0.3, 0.4) is 0 Å². The maximum absolute atomic E-state index is 12.5. The smallest absolute Gasteiger partial charge is 0.423 e. The molecule has 8 heteroatoms. The molecule has 0 aliphatic heterocycles. The number of hydrazone groups is 1. The summed E-state index contributed by atoms with van der Waals surface area (Å²) >= 11 is 0. The summed E-state index contributed by atoms with van der Waals surface area (Å²) in [6.07, 6.45) is 1.58. The van der Waals surface area contributed by atoms with Gasteiger partial charge < -0.3 is 10.0 Å². The Bertz CT molecular complexity index is 562. The van der Waals surface area contributed by atoms with Gasteiger partial charge in [-0.3, -0.25) is 10.6 Å². The van der Waals surface area contributed by atoms with Crippen molar-refractivity contribution in [2.24, 2.45) is 22.8 Å². The van der Waals surface area contributed by atoms with E-state index < -0.39 is 7.12 Å². The Hall–Kier alpha value is -1.74. The lowest BCUT2D eigenvalue weighted by molar-refractivity contribution is -0.133. The van der Waals surface area contributed by atoms with Crippen LogP contribution < -0.4 is 11.3 Å². The van der Waals surface area contributed by atoms with E-state index in [2.05, 4.69) is 5.10 Å². The van der Waals surface area contributed by atoms with Crippen molar-refractivity contribution in [2.45, 2.75) is 27.7 Å². The van der Waals surface area contributed by atoms with Gasteiger partial charge in [-0.25, -0.2) is 10.0 Å². The van der Waals surface area contributed by atoms with Crippen LogP contribution in [0.25, 0.3) is 0 Å². The molecule has 0 fully saturated rings. The number of rotatable bonds is 9. The highest BCUT2D eigenvalue weighted by molar-refractivity contribution is 6.58. The zero-order chi connectivity index (χ0) is 19.0. The van der Waals surface area contributed by atoms with Crippen LogP contribution in [0, 0.1) is 11.8 Å². The maximum Gasteiger partial charge on any atom is 0.488 e. The highest BCUT2D eigenvalue weighted by Gasteiger charge is 2.17. The van der Waals surface area contributed by atoms with Crippen molar-refractivity contribution in [3.63, 3.8) is 0 Å². The average Bonchev–Trinajstić information content (AvgIpc) is 2.50. The van der Waals surface area contributed by atoms with Gasteiger partial charge in [-0.1, -0.05) is 52.0 Å². The third kappa shape index (κ3) is 8.26. The number of hydrogen-bond acceptors (Lipinski definition) is 6. The van der Waals surface area contributed by atoms with Crippen molar-refractivity contribution in [1.82, 2.24) is 10.0 Å². The number of benzene rings is 1. The van der Waals surface area contributed by atoms with Gasteiger partial charge in [0, 0.05) is 13.1 Å². The first-order valence-corrected chi connectivity index (χ1v) is 8.49. The summed E-state index contributed by atoms with van der Waals surface area (Å²) in [5.74, 6) is 6.37. The molecule has 0 aliphatic carbocycles. The minimum absolute atomic E-state index is 0.109. The fourth-order valence-corrected chi connectivity index (χ4v) is 2.24. The van der Waals surface area contributed by atoms with Gasteiger partial charge in [0.1, 0.15) is 0 Å². The summed E-state index contributed by atoms with van der Waals surface area (Å²) < 4.78 is 0. The van der Waals surface area contributed by atoms with Crippen molar-refractivity contribution < 1.29 is 14.8 Å². The average molecular weight is 348 g/mol. The van der Waals surface area contributed by atoms with Gasteiger partial charge in [0.25, 0.3) is 5.91 Å². The molecule has 1 rings (SSSR count). The summed E-state index contributed by atoms with van der Waals surface area (Å²) in [6, 6.07) is 6.63. The number of nitrogens with zero attached hydrogens (tertiary/aromatic N) is 3. The summed E-state index contributed by atoms with van der Waals surface area (Å²) in [5, 5.41) is 25.4. The first-order chi connectivity index (χ1) is 11.7. The Morgan fingerprint density at radius 3 is 2.20 bits per heavy atom. The van der Waals surface area contributed by atoms with Crippen molar-refractivity contribution in [2.75, 3.05) is 19.6 Å². The number of amides is 1. The Kier molecular flexibility index (Phi) is 8.78. The second-order valence-electron chi connectivity index (χ2n) is 6.98. The molecule has 1 aromatic carbocycles. The Balaban J connectivity index is 2.78. The summed E-state index contributed by atoms with van der Waals surface area (Å²) in [5.41, 5.74) is 1.16. The van der Waals surface area contributed by atoms with Gasteiger partial charge in [0.15, 0.2) is 0 Å². The lowest BCUT2D eigenvalue weighted by atomic mass is 9.80. The number of nitrogens with two attached hydrogens (primary N) is 1. The quantitative estimate of drug-likeness (QED) is 0.253. The van der Waals surface area contributed by atoms with E-state index in [0.717, 1.165) is 5.56 Å². The standard InChI is InChI=1S/C17H29BN4O3/c1-13(2)10-21(19)12-17(23)22(11-14(3)4)20-9-15-5-7-16(8-6-15)18(24)25/h5-9,13-14,24-25H,10-12,19H2,1-4H3/b20-9+. The Labute approximate surface area is 150 Å². The largest absolute Gasteiger partial charge is 0.488 e. The first-order valence-electron chi connectivity index (χ1n) is 8.49. The molecule has 0 aromatic heterocycles. The van der Waals surface area contributed by atoms with Crippen LogP contribution in [0.4, 0.5) is 0 Å². The van der Waals surface area contributed by atoms with E-state index in [1.807, 2.05) is 27.7 Å². The molecule has 1 aromatic rings. The van der Waals surface area contributed by atoms with Crippen LogP contribution in [0.1, 0.15) is 33.3 Å². The van der Waals surface area contributed by atoms with Crippen LogP contribution in [0.15, 0.2) is 29.4 Å². The number of hydrazine groups is 1. The van der Waals surface area contributed by atoms with E-state index in [0.29, 0.717) is 24.5 Å². The normalized spacial score (nSPS) is 11.8. The van der Waals surface area contributed by atoms with Crippen LogP contribution in [0.2, 0.25) is 0 Å². The van der Waals surface area contributed by atoms with Gasteiger partial charge in [-0.2, -0.15) is 5.10 Å². The monoisotopic (exact) mass is 348 g/mol. The molecular formula is C17H29BN4O3. The van der Waals surface area contributed by atoms with Crippen LogP contribution in [-0.2, 0) is 4.79 Å². The van der Waals surface area contributed by atoms with Crippen molar-refractivity contribution in [3.8, 4) is 0 Å². The second-order valence-corrected chi connectivity index (χ2v) is 6.98. The molecule has 0 saturated carbocycles. The SMILES string of the molecule is CC(C)CN(N)CC(=O)N(CC(C)C)/N=C/c1ccc(B(O)O)cc1. The minimum atomic E-state index is -1.50. The van der Waals surface area contributed by atoms with E-state index in [4.69, 9.17) is 15.9 Å². The van der Waals surface area contributed by atoms with E-state index >= 15 is 0 Å². The molecule has 0 aliphatic rings. The van der Waals surface area contributed by atoms with Gasteiger partial charge in [-0.15, -0.1) is 0 Å². The second kappa shape index (κ2) is 10.3. The molecule has 0 atom stereocenters. The van der Waals surface area contributed by atoms with Gasteiger partial charge >= 0.3 is 7.12 Å². The molecule has 138 valence electrons. The predicted octanol–water partition coefficient (Wildman–Crippen LogP) is 0.0166. The molecule has 0 heterocycles. The topological polar surface area (TPSA) is 102 Å². The molecule has 0 radical (unpaired) electrons. The van der Waals surface area contributed by atoms with E-state index in [9.17, 15) is 4.79 Å². The maximum atomic E-state index is 12.5. The van der Waals surface area contributed by atoms with Crippen molar-refractivity contribution in [1.29, 1.82) is 0 Å². The number of carbonyl (C=O) groups excluding carboxylic acids is 1. The third-order valence-corrected chi connectivity index (χ3v) is 3.34. The highest BCUT2D eigenvalue weighted by atomic mass is 16.4. The molecule has 0 unspecified atom stereocenters. The Morgan fingerprint density at radius 1 is 1.16 bits per heavy atom. The predicted molar refractivity (Wildman–Crippen MR) is 101 cm³/mol. The zero-order valence-corrected chi connectivity index (χ0v) is 15.5. The Morgan fingerprint density at radius 2 is 1.72 bits per heavy atom. The zero-order valence-electron chi connectivity index (χ0n) is 15.5. The molecule has 0 bridgehead atoms. The summed E-state index contributed by atoms with van der Waals surface area (Å²) in [7, 11) is -1.50. The van der Waals surface area contributed by atoms with Crippen LogP contribution in [0.5, 0.6) is 0 Å². The van der Waals surface area contributed by atoms with E-state index in [1.165, 1.54) is 10.0 Å².